The number of carbonyl (C=O) groups excluding carboxylic acids is 3. The van der Waals surface area contributed by atoms with Gasteiger partial charge in [0.2, 0.25) is 5.91 Å². The monoisotopic (exact) mass is 548 g/mol. The van der Waals surface area contributed by atoms with Crippen molar-refractivity contribution < 1.29 is 19.0 Å². The second kappa shape index (κ2) is 10.2. The summed E-state index contributed by atoms with van der Waals surface area (Å²) in [7, 11) is 1.62. The molecule has 2 aromatic heterocycles. The van der Waals surface area contributed by atoms with Gasteiger partial charge in [-0.25, -0.2) is 14.4 Å². The summed E-state index contributed by atoms with van der Waals surface area (Å²) in [5.41, 5.74) is 3.27. The molecular formula is C28H36N8O4. The van der Waals surface area contributed by atoms with Gasteiger partial charge in [-0.05, 0) is 60.5 Å². The number of amides is 4. The number of aryl methyl sites for hydroxylation is 1. The first-order valence-corrected chi connectivity index (χ1v) is 14.2. The molecule has 3 atom stereocenters. The zero-order valence-electron chi connectivity index (χ0n) is 23.2. The predicted molar refractivity (Wildman–Crippen MR) is 145 cm³/mol. The highest BCUT2D eigenvalue weighted by molar-refractivity contribution is 5.94. The molecule has 1 saturated carbocycles. The number of carbonyl (C=O) groups is 3. The minimum atomic E-state index is -0.977. The van der Waals surface area contributed by atoms with Gasteiger partial charge in [-0.2, -0.15) is 0 Å². The molecule has 3 aromatic rings. The second-order valence-corrected chi connectivity index (χ2v) is 11.4. The molecule has 4 N–H and O–H groups in total. The van der Waals surface area contributed by atoms with Crippen molar-refractivity contribution in [2.24, 2.45) is 5.92 Å². The van der Waals surface area contributed by atoms with Gasteiger partial charge in [0, 0.05) is 32.5 Å². The Labute approximate surface area is 232 Å². The van der Waals surface area contributed by atoms with Crippen LogP contribution in [0.15, 0.2) is 16.8 Å². The molecule has 1 saturated heterocycles. The number of rotatable bonds is 7. The molecule has 0 radical (unpaired) electrons. The van der Waals surface area contributed by atoms with Gasteiger partial charge in [0.15, 0.2) is 5.69 Å². The fourth-order valence-corrected chi connectivity index (χ4v) is 6.77. The summed E-state index contributed by atoms with van der Waals surface area (Å²) in [6.45, 7) is 4.22. The van der Waals surface area contributed by atoms with E-state index in [9.17, 15) is 14.4 Å². The first kappa shape index (κ1) is 26.3. The number of H-pyrrole nitrogens is 1. The lowest BCUT2D eigenvalue weighted by molar-refractivity contribution is -0.130. The fraction of sp³-hybridized carbons (Fsp3) is 0.571. The number of benzene rings is 1. The highest BCUT2D eigenvalue weighted by Crippen LogP contribution is 2.40. The van der Waals surface area contributed by atoms with Gasteiger partial charge in [-0.1, -0.05) is 31.3 Å². The van der Waals surface area contributed by atoms with Crippen molar-refractivity contribution in [3.63, 3.8) is 0 Å². The maximum Gasteiger partial charge on any atom is 0.318 e. The first-order valence-electron chi connectivity index (χ1n) is 14.2. The van der Waals surface area contributed by atoms with Crippen LogP contribution in [0.3, 0.4) is 0 Å². The van der Waals surface area contributed by atoms with Crippen LogP contribution < -0.4 is 16.0 Å². The van der Waals surface area contributed by atoms with Crippen LogP contribution in [0.4, 0.5) is 4.79 Å². The largest absolute Gasteiger partial charge is 0.357 e. The average Bonchev–Trinajstić information content (AvgIpc) is 3.74. The van der Waals surface area contributed by atoms with Crippen LogP contribution in [-0.2, 0) is 17.6 Å². The van der Waals surface area contributed by atoms with Crippen molar-refractivity contribution >= 4 is 28.9 Å². The van der Waals surface area contributed by atoms with E-state index in [0.717, 1.165) is 54.3 Å². The molecule has 2 aliphatic carbocycles. The molecule has 212 valence electrons. The Balaban J connectivity index is 1.32. The van der Waals surface area contributed by atoms with Crippen LogP contribution >= 0.6 is 0 Å². The smallest absolute Gasteiger partial charge is 0.318 e. The molecule has 12 nitrogen and oxygen atoms in total. The van der Waals surface area contributed by atoms with Crippen LogP contribution in [0, 0.1) is 12.8 Å². The Bertz CT molecular complexity index is 1410. The molecule has 0 bridgehead atoms. The van der Waals surface area contributed by atoms with Crippen molar-refractivity contribution in [2.75, 3.05) is 13.6 Å². The van der Waals surface area contributed by atoms with E-state index in [1.165, 1.54) is 6.42 Å². The maximum absolute atomic E-state index is 13.3. The number of hydrogen-bond donors (Lipinski definition) is 4. The molecule has 1 aromatic carbocycles. The molecule has 1 aliphatic heterocycles. The number of aromatic nitrogens is 4. The second-order valence-electron chi connectivity index (χ2n) is 11.4. The minimum Gasteiger partial charge on any atom is -0.357 e. The van der Waals surface area contributed by atoms with Crippen molar-refractivity contribution in [3.05, 3.63) is 40.5 Å². The van der Waals surface area contributed by atoms with Gasteiger partial charge in [0.1, 0.15) is 17.1 Å². The summed E-state index contributed by atoms with van der Waals surface area (Å²) in [6.07, 6.45) is 7.07. The van der Waals surface area contributed by atoms with E-state index in [2.05, 4.69) is 31.2 Å². The van der Waals surface area contributed by atoms with Crippen LogP contribution in [0.1, 0.15) is 84.6 Å². The van der Waals surface area contributed by atoms with Gasteiger partial charge >= 0.3 is 6.03 Å². The molecular weight excluding hydrogens is 512 g/mol. The summed E-state index contributed by atoms with van der Waals surface area (Å²) < 4.78 is 4.75. The van der Waals surface area contributed by atoms with Crippen molar-refractivity contribution in [2.45, 2.75) is 82.8 Å². The van der Waals surface area contributed by atoms with E-state index in [0.29, 0.717) is 30.9 Å². The molecule has 4 amide bonds. The van der Waals surface area contributed by atoms with Crippen molar-refractivity contribution in [3.8, 4) is 0 Å². The molecule has 1 unspecified atom stereocenters. The molecule has 2 fully saturated rings. The van der Waals surface area contributed by atoms with Gasteiger partial charge in [-0.3, -0.25) is 9.59 Å². The number of nitrogens with one attached hydrogen (secondary N) is 4. The Hall–Kier alpha value is -3.96. The van der Waals surface area contributed by atoms with Gasteiger partial charge in [0.05, 0.1) is 17.1 Å². The third-order valence-electron chi connectivity index (χ3n) is 8.99. The van der Waals surface area contributed by atoms with Crippen LogP contribution in [0.2, 0.25) is 0 Å². The predicted octanol–water partition coefficient (Wildman–Crippen LogP) is 2.69. The number of fused-ring (bicyclic) bond motifs is 2. The molecule has 12 heteroatoms. The molecule has 0 spiro atoms. The zero-order valence-corrected chi connectivity index (χ0v) is 23.2. The number of nitrogens with zero attached hydrogens (tertiary/aromatic N) is 4. The van der Waals surface area contributed by atoms with E-state index in [4.69, 9.17) is 9.61 Å². The average molecular weight is 549 g/mol. The van der Waals surface area contributed by atoms with Gasteiger partial charge in [-0.15, -0.1) is 0 Å². The zero-order chi connectivity index (χ0) is 28.0. The lowest BCUT2D eigenvalue weighted by atomic mass is 9.83. The van der Waals surface area contributed by atoms with Crippen molar-refractivity contribution in [1.82, 2.24) is 41.1 Å². The molecule has 3 heterocycles. The minimum absolute atomic E-state index is 0.0281. The molecule has 40 heavy (non-hydrogen) atoms. The number of hydrogen-bond acceptors (Lipinski definition) is 7. The lowest BCUT2D eigenvalue weighted by Crippen LogP contribution is -2.60. The normalized spacial score (nSPS) is 21.3. The first-order chi connectivity index (χ1) is 19.3. The molecule has 3 aliphatic rings. The number of imidazole rings is 1. The Morgan fingerprint density at radius 3 is 2.58 bits per heavy atom. The van der Waals surface area contributed by atoms with E-state index < -0.39 is 5.54 Å². The van der Waals surface area contributed by atoms with Crippen LogP contribution in [0.5, 0.6) is 0 Å². The third-order valence-corrected chi connectivity index (χ3v) is 8.99. The van der Waals surface area contributed by atoms with Crippen LogP contribution in [0.25, 0.3) is 11.0 Å². The summed E-state index contributed by atoms with van der Waals surface area (Å²) in [4.78, 5) is 49.5. The Morgan fingerprint density at radius 1 is 1.18 bits per heavy atom. The Morgan fingerprint density at radius 2 is 1.93 bits per heavy atom. The van der Waals surface area contributed by atoms with E-state index in [-0.39, 0.29) is 41.5 Å². The topological polar surface area (TPSA) is 158 Å². The highest BCUT2D eigenvalue weighted by atomic mass is 16.6. The lowest BCUT2D eigenvalue weighted by Gasteiger charge is -2.36. The number of likely N-dealkylation sites (N-methyl/N-ethyl adjacent to an activating group) is 1. The van der Waals surface area contributed by atoms with E-state index in [1.807, 2.05) is 19.1 Å². The SMILES string of the molecule is CC[C@@H]1CN(C2(C(=O)NC)Cc3cc4nc([C@@H](NC(=O)c5nonc5C)C5CCCCC5)[nH]c4cc3C2)C(=O)N1. The number of urea groups is 1. The number of aromatic amines is 1. The third kappa shape index (κ3) is 4.39. The summed E-state index contributed by atoms with van der Waals surface area (Å²) in [5.74, 6) is 0.453. The standard InChI is InChI=1S/C28H36N8O4/c1-4-19-14-36(27(39)30-19)28(26(38)29-3)12-17-10-20-21(11-18(17)13-28)32-24(31-20)23(16-8-6-5-7-9-16)33-25(37)22-15(2)34-40-35-22/h10-11,16,19,23H,4-9,12-14H2,1-3H3,(H,29,38)(H,30,39)(H,31,32)(H,33,37)/t19-,23+/m1/s1. The van der Waals surface area contributed by atoms with E-state index >= 15 is 0 Å². The maximum atomic E-state index is 13.3. The Kier molecular flexibility index (Phi) is 6.71. The highest BCUT2D eigenvalue weighted by Gasteiger charge is 2.52. The molecule has 6 rings (SSSR count). The fourth-order valence-electron chi connectivity index (χ4n) is 6.77. The van der Waals surface area contributed by atoms with E-state index in [1.54, 1.807) is 18.9 Å². The van der Waals surface area contributed by atoms with Gasteiger partial charge in [0.25, 0.3) is 5.91 Å². The quantitative estimate of drug-likeness (QED) is 0.353. The van der Waals surface area contributed by atoms with Crippen molar-refractivity contribution in [1.29, 1.82) is 0 Å². The van der Waals surface area contributed by atoms with Crippen LogP contribution in [-0.4, -0.2) is 68.2 Å². The van der Waals surface area contributed by atoms with Gasteiger partial charge < -0.3 is 25.8 Å². The summed E-state index contributed by atoms with van der Waals surface area (Å²) in [6, 6.07) is 3.59. The summed E-state index contributed by atoms with van der Waals surface area (Å²) >= 11 is 0. The summed E-state index contributed by atoms with van der Waals surface area (Å²) in [5, 5.41) is 16.5.